The van der Waals surface area contributed by atoms with Gasteiger partial charge in [-0.15, -0.1) is 0 Å². The van der Waals surface area contributed by atoms with E-state index in [-0.39, 0.29) is 0 Å². The topological polar surface area (TPSA) is 28.2 Å². The summed E-state index contributed by atoms with van der Waals surface area (Å²) in [6, 6.07) is 4.43. The van der Waals surface area contributed by atoms with Crippen LogP contribution in [0.3, 0.4) is 0 Å². The van der Waals surface area contributed by atoms with Crippen LogP contribution in [0.5, 0.6) is 0 Å². The monoisotopic (exact) mass is 237 g/mol. The molecule has 2 aliphatic rings. The van der Waals surface area contributed by atoms with Gasteiger partial charge in [0.25, 0.3) is 0 Å². The van der Waals surface area contributed by atoms with Crippen molar-refractivity contribution in [3.63, 3.8) is 0 Å². The lowest BCUT2D eigenvalue weighted by Gasteiger charge is -2.24. The van der Waals surface area contributed by atoms with Crippen LogP contribution in [0.15, 0.2) is 18.3 Å². The van der Waals surface area contributed by atoms with Gasteiger partial charge in [-0.1, -0.05) is 11.6 Å². The first kappa shape index (κ1) is 10.4. The van der Waals surface area contributed by atoms with Crippen molar-refractivity contribution in [2.24, 2.45) is 5.92 Å². The van der Waals surface area contributed by atoms with Gasteiger partial charge in [-0.05, 0) is 37.4 Å². The molecule has 0 saturated carbocycles. The summed E-state index contributed by atoms with van der Waals surface area (Å²) in [6.45, 7) is 3.29. The molecular weight excluding hydrogens is 222 g/mol. The molecule has 0 spiro atoms. The molecule has 1 aromatic rings. The number of hydrogen-bond donors (Lipinski definition) is 1. The van der Waals surface area contributed by atoms with Crippen LogP contribution in [0.2, 0.25) is 5.02 Å². The molecule has 3 nitrogen and oxygen atoms in total. The molecule has 2 atom stereocenters. The summed E-state index contributed by atoms with van der Waals surface area (Å²) in [4.78, 5) is 6.70. The summed E-state index contributed by atoms with van der Waals surface area (Å²) in [5, 5.41) is 4.35. The van der Waals surface area contributed by atoms with Crippen molar-refractivity contribution in [3.8, 4) is 0 Å². The van der Waals surface area contributed by atoms with Gasteiger partial charge in [0.2, 0.25) is 0 Å². The van der Waals surface area contributed by atoms with Gasteiger partial charge in [0, 0.05) is 25.3 Å². The van der Waals surface area contributed by atoms with Gasteiger partial charge in [-0.2, -0.15) is 0 Å². The average Bonchev–Trinajstić information content (AvgIpc) is 2.73. The molecule has 3 heterocycles. The van der Waals surface area contributed by atoms with E-state index in [0.29, 0.717) is 6.04 Å². The second-order valence-corrected chi connectivity index (χ2v) is 5.08. The summed E-state index contributed by atoms with van der Waals surface area (Å²) in [6.07, 6.45) is 4.44. The number of fused-ring (bicyclic) bond motifs is 1. The van der Waals surface area contributed by atoms with E-state index >= 15 is 0 Å². The molecule has 2 fully saturated rings. The Morgan fingerprint density at radius 2 is 2.38 bits per heavy atom. The maximum Gasteiger partial charge on any atom is 0.147 e. The number of aromatic nitrogens is 1. The van der Waals surface area contributed by atoms with E-state index in [2.05, 4.69) is 15.2 Å². The highest BCUT2D eigenvalue weighted by atomic mass is 35.5. The van der Waals surface area contributed by atoms with E-state index in [1.165, 1.54) is 12.8 Å². The number of hydrogen-bond acceptors (Lipinski definition) is 3. The van der Waals surface area contributed by atoms with Gasteiger partial charge >= 0.3 is 0 Å². The van der Waals surface area contributed by atoms with Crippen LogP contribution in [-0.2, 0) is 0 Å². The molecule has 4 heteroatoms. The molecule has 0 aliphatic carbocycles. The fourth-order valence-corrected chi connectivity index (χ4v) is 3.07. The third-order valence-corrected chi connectivity index (χ3v) is 3.93. The Morgan fingerprint density at radius 3 is 3.19 bits per heavy atom. The third-order valence-electron chi connectivity index (χ3n) is 3.64. The number of rotatable bonds is 1. The Balaban J connectivity index is 1.80. The maximum absolute atomic E-state index is 6.18. The minimum atomic E-state index is 0.631. The average molecular weight is 238 g/mol. The minimum absolute atomic E-state index is 0.631. The van der Waals surface area contributed by atoms with Crippen molar-refractivity contribution in [1.29, 1.82) is 0 Å². The summed E-state index contributed by atoms with van der Waals surface area (Å²) >= 11 is 6.18. The van der Waals surface area contributed by atoms with E-state index < -0.39 is 0 Å². The lowest BCUT2D eigenvalue weighted by atomic mass is 9.94. The van der Waals surface area contributed by atoms with Crippen LogP contribution < -0.4 is 10.2 Å². The highest BCUT2D eigenvalue weighted by Crippen LogP contribution is 2.31. The number of nitrogens with zero attached hydrogens (tertiary/aromatic N) is 2. The van der Waals surface area contributed by atoms with Crippen LogP contribution in [-0.4, -0.2) is 30.7 Å². The van der Waals surface area contributed by atoms with Gasteiger partial charge in [-0.25, -0.2) is 4.98 Å². The third kappa shape index (κ3) is 1.78. The lowest BCUT2D eigenvalue weighted by molar-refractivity contribution is 0.340. The molecule has 1 aromatic heterocycles. The largest absolute Gasteiger partial charge is 0.353 e. The SMILES string of the molecule is Clc1cccnc1N1CC2CCCNC2C1. The first-order valence-corrected chi connectivity index (χ1v) is 6.31. The fourth-order valence-electron chi connectivity index (χ4n) is 2.83. The van der Waals surface area contributed by atoms with E-state index in [4.69, 9.17) is 11.6 Å². The molecular formula is C12H16ClN3. The standard InChI is InChI=1S/C12H16ClN3/c13-10-4-2-6-15-12(10)16-7-9-3-1-5-14-11(9)8-16/h2,4,6,9,11,14H,1,3,5,7-8H2. The van der Waals surface area contributed by atoms with E-state index in [0.717, 1.165) is 36.4 Å². The molecule has 0 amide bonds. The zero-order valence-corrected chi connectivity index (χ0v) is 9.95. The molecule has 16 heavy (non-hydrogen) atoms. The number of anilines is 1. The first-order chi connectivity index (χ1) is 7.84. The maximum atomic E-state index is 6.18. The second kappa shape index (κ2) is 4.22. The number of pyridine rings is 1. The predicted molar refractivity (Wildman–Crippen MR) is 66.0 cm³/mol. The molecule has 0 bridgehead atoms. The molecule has 1 N–H and O–H groups in total. The number of halogens is 1. The number of piperidine rings is 1. The van der Waals surface area contributed by atoms with E-state index in [1.54, 1.807) is 0 Å². The molecule has 2 unspecified atom stereocenters. The summed E-state index contributed by atoms with van der Waals surface area (Å²) in [5.41, 5.74) is 0. The molecule has 2 saturated heterocycles. The highest BCUT2D eigenvalue weighted by Gasteiger charge is 2.35. The van der Waals surface area contributed by atoms with Gasteiger partial charge in [0.1, 0.15) is 5.82 Å². The van der Waals surface area contributed by atoms with Gasteiger partial charge in [0.05, 0.1) is 5.02 Å². The molecule has 2 aliphatic heterocycles. The highest BCUT2D eigenvalue weighted by molar-refractivity contribution is 6.32. The molecule has 0 radical (unpaired) electrons. The molecule has 0 aromatic carbocycles. The Bertz CT molecular complexity index is 368. The number of nitrogens with one attached hydrogen (secondary N) is 1. The summed E-state index contributed by atoms with van der Waals surface area (Å²) in [5.74, 6) is 1.71. The first-order valence-electron chi connectivity index (χ1n) is 5.93. The zero-order valence-electron chi connectivity index (χ0n) is 9.19. The lowest BCUT2D eigenvalue weighted by Crippen LogP contribution is -2.40. The Kier molecular flexibility index (Phi) is 2.74. The van der Waals surface area contributed by atoms with Crippen molar-refractivity contribution >= 4 is 17.4 Å². The normalized spacial score (nSPS) is 29.2. The fraction of sp³-hybridized carbons (Fsp3) is 0.583. The summed E-state index contributed by atoms with van der Waals surface area (Å²) < 4.78 is 0. The Hall–Kier alpha value is -0.800. The predicted octanol–water partition coefficient (Wildman–Crippen LogP) is 1.92. The minimum Gasteiger partial charge on any atom is -0.353 e. The molecule has 3 rings (SSSR count). The zero-order chi connectivity index (χ0) is 11.0. The van der Waals surface area contributed by atoms with Crippen LogP contribution in [0.1, 0.15) is 12.8 Å². The van der Waals surface area contributed by atoms with Gasteiger partial charge in [-0.3, -0.25) is 0 Å². The second-order valence-electron chi connectivity index (χ2n) is 4.68. The van der Waals surface area contributed by atoms with Crippen molar-refractivity contribution < 1.29 is 0 Å². The smallest absolute Gasteiger partial charge is 0.147 e. The van der Waals surface area contributed by atoms with Crippen LogP contribution in [0, 0.1) is 5.92 Å². The van der Waals surface area contributed by atoms with Crippen LogP contribution in [0.4, 0.5) is 5.82 Å². The van der Waals surface area contributed by atoms with Crippen LogP contribution >= 0.6 is 11.6 Å². The Morgan fingerprint density at radius 1 is 1.44 bits per heavy atom. The van der Waals surface area contributed by atoms with E-state index in [9.17, 15) is 0 Å². The van der Waals surface area contributed by atoms with Gasteiger partial charge in [0.15, 0.2) is 0 Å². The van der Waals surface area contributed by atoms with Gasteiger partial charge < -0.3 is 10.2 Å². The quantitative estimate of drug-likeness (QED) is 0.809. The van der Waals surface area contributed by atoms with Crippen molar-refractivity contribution in [3.05, 3.63) is 23.4 Å². The van der Waals surface area contributed by atoms with Crippen molar-refractivity contribution in [2.75, 3.05) is 24.5 Å². The van der Waals surface area contributed by atoms with E-state index in [1.807, 2.05) is 18.3 Å². The molecule has 86 valence electrons. The van der Waals surface area contributed by atoms with Crippen molar-refractivity contribution in [2.45, 2.75) is 18.9 Å². The summed E-state index contributed by atoms with van der Waals surface area (Å²) in [7, 11) is 0. The van der Waals surface area contributed by atoms with Crippen molar-refractivity contribution in [1.82, 2.24) is 10.3 Å². The Labute approximate surface area is 101 Å². The van der Waals surface area contributed by atoms with Crippen LogP contribution in [0.25, 0.3) is 0 Å².